The van der Waals surface area contributed by atoms with E-state index in [1.54, 1.807) is 84.3 Å². The standard InChI is InChI=1S/2C32H33FN4O3S.C28H28N4O3.C21H26N2O3S/c2*1-32(2,3)41(40)37-20-25-17-27(31(39)35-19-24-8-4-5-12-26(24)33)36-30(29(25)28(37)13-15-38)22-10-6-9-21(16-22)23-11-7-14-34-18-23;1-4-29-27(33)23-13-21-15-32(28(34)30-17(2)3)16-22(21)26(31-23)20-10-7-9-18(12-20)25-14-19-8-5-6-11-24(19)35-25;1-14(25)17-12-16-13-23(27(26)21(2,3)4)18(10-11-24)19(16)20(22-17)15-8-6-5-7-9-15/h2*4-12,14,16-18,28,38H,13,15,19-20H2,1-3H3,(H,35,39);5-14,17H,4,15-16H2,1-3H3,(H,29,33)(H,30,34);5-9,12,18,24H,10-11,13H2,1-4H3/t28-,41?;28-,41-;;18-,27?/m01.1/s1. The number of urea groups is 1. The molecule has 144 heavy (non-hydrogen) atoms. The van der Waals surface area contributed by atoms with Gasteiger partial charge in [-0.3, -0.25) is 29.1 Å². The molecule has 7 aromatic heterocycles. The van der Waals surface area contributed by atoms with Crippen molar-refractivity contribution < 1.29 is 65.1 Å². The highest BCUT2D eigenvalue weighted by atomic mass is 32.2. The van der Waals surface area contributed by atoms with Crippen LogP contribution in [0.5, 0.6) is 0 Å². The first-order chi connectivity index (χ1) is 69.0. The summed E-state index contributed by atoms with van der Waals surface area (Å²) in [6.45, 7) is 27.0. The molecular formula is C113H120F2N14O12S3. The Bertz CT molecular complexity index is 6870. The van der Waals surface area contributed by atoms with Crippen molar-refractivity contribution in [2.45, 2.75) is 193 Å². The zero-order valence-corrected chi connectivity index (χ0v) is 85.4. The van der Waals surface area contributed by atoms with Crippen LogP contribution >= 0.6 is 0 Å². The minimum Gasteiger partial charge on any atom is -0.456 e. The van der Waals surface area contributed by atoms with Gasteiger partial charge in [0.2, 0.25) is 0 Å². The Morgan fingerprint density at radius 3 is 1.22 bits per heavy atom. The largest absolute Gasteiger partial charge is 0.456 e. The third kappa shape index (κ3) is 24.2. The number of rotatable bonds is 26. The van der Waals surface area contributed by atoms with E-state index >= 15 is 0 Å². The highest BCUT2D eigenvalue weighted by molar-refractivity contribution is 7.84. The van der Waals surface area contributed by atoms with E-state index in [0.717, 1.165) is 117 Å². The average molecular weight is 2000 g/mol. The number of halogens is 2. The Hall–Kier alpha value is -13.6. The van der Waals surface area contributed by atoms with Crippen molar-refractivity contribution in [2.75, 3.05) is 26.4 Å². The maximum Gasteiger partial charge on any atom is 0.318 e. The van der Waals surface area contributed by atoms with Gasteiger partial charge < -0.3 is 45.9 Å². The van der Waals surface area contributed by atoms with Crippen LogP contribution in [0.4, 0.5) is 13.6 Å². The molecule has 7 N–H and O–H groups in total. The van der Waals surface area contributed by atoms with Crippen molar-refractivity contribution in [1.29, 1.82) is 0 Å². The van der Waals surface area contributed by atoms with Crippen LogP contribution in [0.2, 0.25) is 0 Å². The van der Waals surface area contributed by atoms with Crippen LogP contribution in [0.25, 0.3) is 89.6 Å². The molecule has 0 spiro atoms. The zero-order valence-electron chi connectivity index (χ0n) is 82.9. The van der Waals surface area contributed by atoms with Crippen molar-refractivity contribution in [2.24, 2.45) is 0 Å². The monoisotopic (exact) mass is 2000 g/mol. The molecule has 11 heterocycles. The number of hydrogen-bond acceptors (Lipinski definition) is 18. The summed E-state index contributed by atoms with van der Waals surface area (Å²) in [4.78, 5) is 93.5. The van der Waals surface area contributed by atoms with Crippen molar-refractivity contribution in [3.63, 3.8) is 0 Å². The summed E-state index contributed by atoms with van der Waals surface area (Å²) in [6.07, 6.45) is 8.20. The predicted molar refractivity (Wildman–Crippen MR) is 560 cm³/mol. The number of Topliss-reactive ketones (excluding diaryl/α,β-unsaturated/α-hetero) is 1. The van der Waals surface area contributed by atoms with Gasteiger partial charge in [0.15, 0.2) is 5.78 Å². The third-order valence-electron chi connectivity index (χ3n) is 24.8. The number of ketones is 1. The van der Waals surface area contributed by atoms with Crippen LogP contribution in [0.15, 0.2) is 260 Å². The maximum absolute atomic E-state index is 14.2. The Balaban J connectivity index is 0.000000146. The van der Waals surface area contributed by atoms with Crippen LogP contribution in [0.3, 0.4) is 0 Å². The molecule has 14 aromatic rings. The van der Waals surface area contributed by atoms with Gasteiger partial charge in [-0.1, -0.05) is 152 Å². The quantitative estimate of drug-likeness (QED) is 0.0248. The van der Waals surface area contributed by atoms with E-state index in [-0.39, 0.29) is 86.2 Å². The van der Waals surface area contributed by atoms with Gasteiger partial charge in [0, 0.05) is 181 Å². The number of hydrogen-bond donors (Lipinski definition) is 7. The molecule has 0 saturated heterocycles. The van der Waals surface area contributed by atoms with Crippen LogP contribution < -0.4 is 21.3 Å². The molecule has 4 aliphatic heterocycles. The van der Waals surface area contributed by atoms with Gasteiger partial charge in [-0.05, 0) is 215 Å². The van der Waals surface area contributed by atoms with Gasteiger partial charge >= 0.3 is 6.03 Å². The van der Waals surface area contributed by atoms with Gasteiger partial charge in [0.05, 0.1) is 61.7 Å². The number of fused-ring (bicyclic) bond motifs is 5. The molecule has 0 aliphatic carbocycles. The second-order valence-electron chi connectivity index (χ2n) is 38.8. The zero-order chi connectivity index (χ0) is 103. The Kier molecular flexibility index (Phi) is 33.4. The van der Waals surface area contributed by atoms with E-state index in [1.165, 1.54) is 19.1 Å². The smallest absolute Gasteiger partial charge is 0.318 e. The molecule has 0 saturated carbocycles. The number of aliphatic hydroxyl groups is 3. The summed E-state index contributed by atoms with van der Waals surface area (Å²) in [5, 5.41) is 42.1. The summed E-state index contributed by atoms with van der Waals surface area (Å²) >= 11 is 0. The van der Waals surface area contributed by atoms with E-state index in [1.807, 2.05) is 260 Å². The number of carbonyl (C=O) groups excluding carboxylic acids is 5. The van der Waals surface area contributed by atoms with Crippen molar-refractivity contribution in [1.82, 2.24) is 69.0 Å². The van der Waals surface area contributed by atoms with E-state index in [0.29, 0.717) is 98.1 Å². The molecule has 4 aliphatic rings. The molecular weight excluding hydrogens is 1880 g/mol. The maximum atomic E-state index is 14.2. The van der Waals surface area contributed by atoms with Gasteiger partial charge in [-0.2, -0.15) is 0 Å². The van der Waals surface area contributed by atoms with Gasteiger partial charge in [0.1, 0.15) is 78.7 Å². The molecule has 31 heteroatoms. The van der Waals surface area contributed by atoms with Crippen LogP contribution in [-0.2, 0) is 78.8 Å². The van der Waals surface area contributed by atoms with Crippen molar-refractivity contribution in [3.05, 3.63) is 345 Å². The normalized spacial score (nSPS) is 15.6. The lowest BCUT2D eigenvalue weighted by atomic mass is 9.94. The minimum atomic E-state index is -1.37. The SMILES string of the molecule is CC(=O)c1cc2c(c(-c3ccccc3)n1)[C@@H](CCO)N(S(=O)C(C)(C)C)C2.CC(C)(C)S(=O)N1Cc2cc(C(=O)NCc3ccccc3F)nc(-c3cccc(-c4cccnc4)c3)c2[C@@H]1CCO.CC(C)(C)[S@@](=O)N1Cc2cc(C(=O)NCc3ccccc3F)nc(-c3cccc(-c4cccnc4)c3)c2[C@H]1CCO.CCNC(=O)c1cc2c(c(-c3cccc(-c4cc5ccccc5o4)c3)n1)CN(C(=O)NC(C)C)C2. The first kappa shape index (κ1) is 105. The summed E-state index contributed by atoms with van der Waals surface area (Å²) in [5.74, 6) is -1.21. The number of amides is 5. The number of nitrogens with zero attached hydrogens (tertiary/aromatic N) is 10. The summed E-state index contributed by atoms with van der Waals surface area (Å²) in [6, 6.07) is 69.7. The number of pyridine rings is 6. The number of furan rings is 1. The molecule has 0 radical (unpaired) electrons. The summed E-state index contributed by atoms with van der Waals surface area (Å²) in [7, 11) is -3.99. The molecule has 6 atom stereocenters. The molecule has 18 rings (SSSR count). The fraction of sp³-hybridized carbons (Fsp3) is 0.301. The summed E-state index contributed by atoms with van der Waals surface area (Å²) < 4.78 is 79.1. The number of nitrogens with one attached hydrogen (secondary N) is 4. The Morgan fingerprint density at radius 1 is 0.417 bits per heavy atom. The van der Waals surface area contributed by atoms with Crippen molar-refractivity contribution >= 4 is 73.5 Å². The summed E-state index contributed by atoms with van der Waals surface area (Å²) in [5.41, 5.74) is 20.6. The van der Waals surface area contributed by atoms with E-state index < -0.39 is 70.6 Å². The fourth-order valence-corrected chi connectivity index (χ4v) is 22.3. The lowest BCUT2D eigenvalue weighted by molar-refractivity contribution is 0.0937. The molecule has 26 nitrogen and oxygen atoms in total. The minimum absolute atomic E-state index is 0.00929. The highest BCUT2D eigenvalue weighted by Gasteiger charge is 2.45. The molecule has 5 amide bonds. The molecule has 2 unspecified atom stereocenters. The number of para-hydroxylation sites is 1. The van der Waals surface area contributed by atoms with Crippen LogP contribution in [0, 0.1) is 11.6 Å². The first-order valence-electron chi connectivity index (χ1n) is 48.1. The highest BCUT2D eigenvalue weighted by Crippen LogP contribution is 2.49. The average Bonchev–Trinajstić information content (AvgIpc) is 1.62. The lowest BCUT2D eigenvalue weighted by Gasteiger charge is -2.30. The fourth-order valence-electron chi connectivity index (χ4n) is 18.1. The number of benzene rings is 7. The van der Waals surface area contributed by atoms with E-state index in [4.69, 9.17) is 19.4 Å². The van der Waals surface area contributed by atoms with E-state index in [2.05, 4.69) is 36.2 Å². The van der Waals surface area contributed by atoms with Gasteiger partial charge in [-0.15, -0.1) is 0 Å². The lowest BCUT2D eigenvalue weighted by Crippen LogP contribution is -2.40. The van der Waals surface area contributed by atoms with Gasteiger partial charge in [-0.25, -0.2) is 59.1 Å². The first-order valence-corrected chi connectivity index (χ1v) is 51.4. The number of carbonyl (C=O) groups is 5. The molecule has 0 fully saturated rings. The Morgan fingerprint density at radius 2 is 0.792 bits per heavy atom. The van der Waals surface area contributed by atoms with Crippen LogP contribution in [-0.4, -0.2) is 152 Å². The predicted octanol–water partition coefficient (Wildman–Crippen LogP) is 20.2. The van der Waals surface area contributed by atoms with Gasteiger partial charge in [0.25, 0.3) is 17.7 Å². The third-order valence-corrected chi connectivity index (χ3v) is 30.4. The number of aromatic nitrogens is 6. The second kappa shape index (κ2) is 46.0. The second-order valence-corrected chi connectivity index (χ2v) is 45.4. The van der Waals surface area contributed by atoms with Crippen LogP contribution in [0.1, 0.15) is 225 Å². The Labute approximate surface area is 845 Å². The molecule has 0 bridgehead atoms. The topological polar surface area (TPSA) is 349 Å². The van der Waals surface area contributed by atoms with Crippen molar-refractivity contribution in [3.8, 4) is 78.6 Å². The van der Waals surface area contributed by atoms with E-state index in [9.17, 15) is 60.7 Å². The number of aliphatic hydroxyl groups excluding tert-OH is 3. The molecule has 746 valence electrons. The molecule has 7 aromatic carbocycles.